The molecule has 1 aliphatic carbocycles. The van der Waals surface area contributed by atoms with Crippen LogP contribution >= 0.6 is 11.3 Å². The predicted octanol–water partition coefficient (Wildman–Crippen LogP) is 7.35. The Kier molecular flexibility index (Phi) is 13.2. The molecule has 3 fully saturated rings. The summed E-state index contributed by atoms with van der Waals surface area (Å²) in [5.74, 6) is -3.05. The number of benzene rings is 1. The first kappa shape index (κ1) is 46.0. The van der Waals surface area contributed by atoms with Crippen LogP contribution in [-0.2, 0) is 51.1 Å². The van der Waals surface area contributed by atoms with Gasteiger partial charge in [-0.05, 0) is 82.2 Å². The SMILES string of the molecule is CCO[C@@H]1c2nc(cs2)-c2ccc3c(c2)c(c(-c2cccnc2[C@H](C)OC)n3CC)CC(C)(C)COC(=O)[C@@H]2CCCN(N2)C(=O)[C@H]1CC(=O)[C@H]1[C@H](C(=O)N2CCOC[C@@H]2C)C1(C)C. The van der Waals surface area contributed by atoms with Crippen molar-refractivity contribution >= 4 is 45.8 Å². The molecule has 6 bridgehead atoms. The highest BCUT2D eigenvalue weighted by molar-refractivity contribution is 7.10. The summed E-state index contributed by atoms with van der Waals surface area (Å²) in [5.41, 5.74) is 8.77. The van der Waals surface area contributed by atoms with Gasteiger partial charge in [-0.3, -0.25) is 29.2 Å². The normalized spacial score (nSPS) is 26.3. The number of thiazole rings is 1. The number of cyclic esters (lactones) is 1. The number of pyridine rings is 1. The maximum absolute atomic E-state index is 15.0. The molecular formula is C49H64N6O8S. The Morgan fingerprint density at radius 3 is 2.62 bits per heavy atom. The molecule has 2 saturated heterocycles. The van der Waals surface area contributed by atoms with Crippen molar-refractivity contribution in [1.82, 2.24) is 29.9 Å². The molecule has 2 amide bonds. The first-order valence-electron chi connectivity index (χ1n) is 23.0. The van der Waals surface area contributed by atoms with Crippen molar-refractivity contribution in [2.45, 2.75) is 112 Å². The van der Waals surface area contributed by atoms with Gasteiger partial charge in [-0.15, -0.1) is 11.3 Å². The summed E-state index contributed by atoms with van der Waals surface area (Å²) >= 11 is 1.40. The van der Waals surface area contributed by atoms with Crippen molar-refractivity contribution < 1.29 is 38.1 Å². The lowest BCUT2D eigenvalue weighted by Crippen LogP contribution is -2.57. The summed E-state index contributed by atoms with van der Waals surface area (Å²) in [5, 5.41) is 5.09. The van der Waals surface area contributed by atoms with Crippen molar-refractivity contribution in [2.24, 2.45) is 28.6 Å². The molecule has 1 aromatic carbocycles. The fourth-order valence-corrected chi connectivity index (χ4v) is 11.3. The van der Waals surface area contributed by atoms with Crippen molar-refractivity contribution in [3.63, 3.8) is 0 Å². The third-order valence-corrected chi connectivity index (χ3v) is 14.8. The second-order valence-corrected chi connectivity index (χ2v) is 20.2. The number of nitrogens with zero attached hydrogens (tertiary/aromatic N) is 5. The van der Waals surface area contributed by atoms with Crippen LogP contribution < -0.4 is 5.43 Å². The van der Waals surface area contributed by atoms with Crippen LogP contribution in [0.15, 0.2) is 41.9 Å². The van der Waals surface area contributed by atoms with E-state index in [9.17, 15) is 19.2 Å². The van der Waals surface area contributed by atoms with Crippen molar-refractivity contribution in [3.8, 4) is 22.5 Å². The standard InChI is InChI=1S/C49H64N6O8S/c1-10-53-37-17-16-30-22-32(37)34(42(53)31-14-12-18-50-41(31)29(4)60-9)24-48(5,6)27-63-47(59)35-15-13-19-55(52-35)45(57)33(43(62-11-2)44-51-36(30)26-64-44)23-38(56)39-40(49(39,7)8)46(58)54-20-21-61-25-28(54)3/h12,14,16-18,22,26,28-29,33,35,39-40,43,52H,10-11,13,15,19-21,23-25,27H2,1-9H3/t28-,29-,33-,35-,39-,40+,43-/m0/s1. The molecule has 344 valence electrons. The Hall–Kier alpha value is -4.54. The molecular weight excluding hydrogens is 833 g/mol. The van der Waals surface area contributed by atoms with Gasteiger partial charge in [-0.2, -0.15) is 0 Å². The van der Waals surface area contributed by atoms with Gasteiger partial charge in [-0.1, -0.05) is 33.8 Å². The van der Waals surface area contributed by atoms with Crippen LogP contribution in [0, 0.1) is 28.6 Å². The number of aryl methyl sites for hydroxylation is 1. The van der Waals surface area contributed by atoms with E-state index in [4.69, 9.17) is 28.9 Å². The molecule has 6 heterocycles. The third kappa shape index (κ3) is 8.66. The van der Waals surface area contributed by atoms with E-state index in [1.54, 1.807) is 13.3 Å². The predicted molar refractivity (Wildman–Crippen MR) is 244 cm³/mol. The summed E-state index contributed by atoms with van der Waals surface area (Å²) in [6.45, 7) is 18.9. The third-order valence-electron chi connectivity index (χ3n) is 13.9. The smallest absolute Gasteiger partial charge is 0.324 e. The number of methoxy groups -OCH3 is 1. The van der Waals surface area contributed by atoms with Crippen molar-refractivity contribution in [3.05, 3.63) is 58.2 Å². The monoisotopic (exact) mass is 896 g/mol. The number of hydrazine groups is 1. The number of aromatic nitrogens is 3. The number of esters is 1. The van der Waals surface area contributed by atoms with Crippen LogP contribution in [0.3, 0.4) is 0 Å². The Morgan fingerprint density at radius 1 is 1.09 bits per heavy atom. The number of ketones is 1. The average molecular weight is 897 g/mol. The van der Waals surface area contributed by atoms with E-state index in [-0.39, 0.29) is 49.4 Å². The molecule has 4 aromatic rings. The highest BCUT2D eigenvalue weighted by atomic mass is 32.1. The van der Waals surface area contributed by atoms with Crippen molar-refractivity contribution in [1.29, 1.82) is 0 Å². The summed E-state index contributed by atoms with van der Waals surface area (Å²) in [6, 6.07) is 9.60. The lowest BCUT2D eigenvalue weighted by molar-refractivity contribution is -0.158. The first-order chi connectivity index (χ1) is 30.6. The van der Waals surface area contributed by atoms with Gasteiger partial charge >= 0.3 is 5.97 Å². The van der Waals surface area contributed by atoms with Gasteiger partial charge in [0.15, 0.2) is 0 Å². The molecule has 4 aliphatic rings. The highest BCUT2D eigenvalue weighted by Gasteiger charge is 2.66. The van der Waals surface area contributed by atoms with Crippen LogP contribution in [0.25, 0.3) is 33.4 Å². The molecule has 64 heavy (non-hydrogen) atoms. The lowest BCUT2D eigenvalue weighted by Gasteiger charge is -2.36. The van der Waals surface area contributed by atoms with Gasteiger partial charge < -0.3 is 28.4 Å². The number of carbonyl (C=O) groups is 4. The lowest BCUT2D eigenvalue weighted by atomic mass is 9.84. The molecule has 3 aromatic heterocycles. The summed E-state index contributed by atoms with van der Waals surface area (Å²) in [6.07, 6.45) is 2.14. The quantitative estimate of drug-likeness (QED) is 0.159. The van der Waals surface area contributed by atoms with E-state index in [0.29, 0.717) is 57.1 Å². The Labute approximate surface area is 380 Å². The van der Waals surface area contributed by atoms with Gasteiger partial charge in [0.25, 0.3) is 0 Å². The van der Waals surface area contributed by atoms with Gasteiger partial charge in [0.05, 0.1) is 60.9 Å². The first-order valence-corrected chi connectivity index (χ1v) is 23.8. The molecule has 0 radical (unpaired) electrons. The molecule has 14 nitrogen and oxygen atoms in total. The average Bonchev–Trinajstić information content (AvgIpc) is 3.53. The fourth-order valence-electron chi connectivity index (χ4n) is 10.4. The molecule has 15 heteroatoms. The number of ether oxygens (including phenoxy) is 4. The van der Waals surface area contributed by atoms with E-state index in [1.165, 1.54) is 16.3 Å². The minimum absolute atomic E-state index is 0.0460. The number of rotatable bonds is 10. The second kappa shape index (κ2) is 18.4. The zero-order valence-corrected chi connectivity index (χ0v) is 39.6. The van der Waals surface area contributed by atoms with Crippen LogP contribution in [0.2, 0.25) is 0 Å². The van der Waals surface area contributed by atoms with Crippen LogP contribution in [0.4, 0.5) is 0 Å². The molecule has 3 aliphatic heterocycles. The Balaban J connectivity index is 1.22. The Morgan fingerprint density at radius 2 is 1.89 bits per heavy atom. The number of amides is 2. The molecule has 1 N–H and O–H groups in total. The number of Topliss-reactive ketones (excluding diaryl/α,β-unsaturated/α-hetero) is 1. The van der Waals surface area contributed by atoms with E-state index >= 15 is 0 Å². The number of fused-ring (bicyclic) bond motifs is 6. The Bertz CT molecular complexity index is 2410. The molecule has 8 rings (SSSR count). The molecule has 0 spiro atoms. The molecule has 1 saturated carbocycles. The maximum Gasteiger partial charge on any atom is 0.324 e. The zero-order chi connectivity index (χ0) is 45.7. The number of hydrogen-bond donors (Lipinski definition) is 1. The van der Waals surface area contributed by atoms with Gasteiger partial charge in [0.2, 0.25) is 11.8 Å². The number of nitrogens with one attached hydrogen (secondary N) is 1. The minimum Gasteiger partial charge on any atom is -0.464 e. The van der Waals surface area contributed by atoms with Gasteiger partial charge in [-0.25, -0.2) is 10.4 Å². The van der Waals surface area contributed by atoms with Crippen LogP contribution in [0.5, 0.6) is 0 Å². The van der Waals surface area contributed by atoms with Crippen LogP contribution in [-0.4, -0.2) is 107 Å². The number of morpholine rings is 1. The minimum atomic E-state index is -0.987. The summed E-state index contributed by atoms with van der Waals surface area (Å²) in [7, 11) is 1.69. The van der Waals surface area contributed by atoms with Gasteiger partial charge in [0.1, 0.15) is 22.9 Å². The molecule has 0 unspecified atom stereocenters. The number of carbonyl (C=O) groups excluding carboxylic acids is 4. The van der Waals surface area contributed by atoms with E-state index in [1.807, 2.05) is 51.0 Å². The largest absolute Gasteiger partial charge is 0.464 e. The van der Waals surface area contributed by atoms with Gasteiger partial charge in [0, 0.05) is 84.7 Å². The van der Waals surface area contributed by atoms with E-state index < -0.39 is 46.7 Å². The van der Waals surface area contributed by atoms with E-state index in [0.717, 1.165) is 44.7 Å². The second-order valence-electron chi connectivity index (χ2n) is 19.3. The zero-order valence-electron chi connectivity index (χ0n) is 38.8. The highest BCUT2D eigenvalue weighted by Crippen LogP contribution is 2.60. The fraction of sp³-hybridized carbons (Fsp3) is 0.592. The van der Waals surface area contributed by atoms with Crippen molar-refractivity contribution in [2.75, 3.05) is 46.6 Å². The summed E-state index contributed by atoms with van der Waals surface area (Å²) in [4.78, 5) is 69.4. The maximum atomic E-state index is 15.0. The topological polar surface area (TPSA) is 154 Å². The van der Waals surface area contributed by atoms with E-state index in [2.05, 4.69) is 55.0 Å². The van der Waals surface area contributed by atoms with Crippen LogP contribution in [0.1, 0.15) is 103 Å². The number of hydrogen-bond acceptors (Lipinski definition) is 12. The molecule has 7 atom stereocenters. The summed E-state index contributed by atoms with van der Waals surface area (Å²) < 4.78 is 26.4.